The second-order valence-electron chi connectivity index (χ2n) is 7.52. The summed E-state index contributed by atoms with van der Waals surface area (Å²) in [7, 11) is -3.41. The van der Waals surface area contributed by atoms with Crippen LogP contribution in [0.1, 0.15) is 52.7 Å². The van der Waals surface area contributed by atoms with Crippen LogP contribution in [0.25, 0.3) is 0 Å². The zero-order valence-electron chi connectivity index (χ0n) is 16.0. The topological polar surface area (TPSA) is 75.3 Å². The number of aryl methyl sites for hydroxylation is 2. The number of carbonyl (C=O) groups is 1. The maximum Gasteiger partial charge on any atom is 0.252 e. The molecule has 0 radical (unpaired) electrons. The Kier molecular flexibility index (Phi) is 5.29. The van der Waals surface area contributed by atoms with Crippen molar-refractivity contribution in [2.45, 2.75) is 45.1 Å². The van der Waals surface area contributed by atoms with E-state index in [1.165, 1.54) is 5.56 Å². The maximum absolute atomic E-state index is 13.0. The number of hydrogen-bond donors (Lipinski definition) is 2. The Labute approximate surface area is 161 Å². The van der Waals surface area contributed by atoms with Crippen LogP contribution >= 0.6 is 0 Å². The number of nitrogens with one attached hydrogen (secondary N) is 2. The van der Waals surface area contributed by atoms with Crippen LogP contribution in [0.15, 0.2) is 42.5 Å². The van der Waals surface area contributed by atoms with E-state index in [0.717, 1.165) is 43.1 Å². The molecule has 0 aromatic heterocycles. The molecule has 0 heterocycles. The van der Waals surface area contributed by atoms with Gasteiger partial charge < -0.3 is 5.32 Å². The fraction of sp³-hybridized carbons (Fsp3) is 0.381. The van der Waals surface area contributed by atoms with E-state index in [1.54, 1.807) is 25.1 Å². The van der Waals surface area contributed by atoms with E-state index in [9.17, 15) is 13.2 Å². The first-order valence-corrected chi connectivity index (χ1v) is 11.1. The highest BCUT2D eigenvalue weighted by molar-refractivity contribution is 7.92. The van der Waals surface area contributed by atoms with Crippen LogP contribution in [-0.4, -0.2) is 20.6 Å². The molecule has 0 atom stereocenters. The summed E-state index contributed by atoms with van der Waals surface area (Å²) in [5.41, 5.74) is 3.59. The molecule has 0 saturated heterocycles. The van der Waals surface area contributed by atoms with E-state index in [-0.39, 0.29) is 11.4 Å². The molecule has 1 aliphatic carbocycles. The summed E-state index contributed by atoms with van der Waals surface area (Å²) in [5, 5.41) is 3.25. The largest absolute Gasteiger partial charge is 0.343 e. The fourth-order valence-electron chi connectivity index (χ4n) is 3.77. The second-order valence-corrected chi connectivity index (χ2v) is 9.27. The first-order valence-electron chi connectivity index (χ1n) is 9.17. The summed E-state index contributed by atoms with van der Waals surface area (Å²) >= 11 is 0. The number of rotatable bonds is 5. The van der Waals surface area contributed by atoms with Crippen LogP contribution in [0.4, 0.5) is 5.69 Å². The lowest BCUT2D eigenvalue weighted by Gasteiger charge is -2.31. The van der Waals surface area contributed by atoms with Gasteiger partial charge in [0, 0.05) is 5.56 Å². The number of benzene rings is 2. The number of anilines is 1. The van der Waals surface area contributed by atoms with E-state index in [1.807, 2.05) is 6.07 Å². The Balaban J connectivity index is 1.90. The van der Waals surface area contributed by atoms with Crippen LogP contribution in [0.5, 0.6) is 0 Å². The van der Waals surface area contributed by atoms with Crippen LogP contribution in [0.3, 0.4) is 0 Å². The van der Waals surface area contributed by atoms with Crippen molar-refractivity contribution >= 4 is 21.6 Å². The van der Waals surface area contributed by atoms with Crippen LogP contribution in [-0.2, 0) is 15.6 Å². The van der Waals surface area contributed by atoms with Crippen molar-refractivity contribution < 1.29 is 13.2 Å². The minimum Gasteiger partial charge on any atom is -0.343 e. The van der Waals surface area contributed by atoms with Crippen molar-refractivity contribution in [1.82, 2.24) is 5.32 Å². The molecule has 1 aliphatic rings. The van der Waals surface area contributed by atoms with Gasteiger partial charge in [0.05, 0.1) is 17.5 Å². The molecule has 1 saturated carbocycles. The quantitative estimate of drug-likeness (QED) is 0.819. The highest BCUT2D eigenvalue weighted by atomic mass is 32.2. The predicted octanol–water partition coefficient (Wildman–Crippen LogP) is 3.87. The van der Waals surface area contributed by atoms with Gasteiger partial charge in [-0.1, -0.05) is 48.7 Å². The highest BCUT2D eigenvalue weighted by Crippen LogP contribution is 2.39. The molecule has 0 unspecified atom stereocenters. The van der Waals surface area contributed by atoms with Gasteiger partial charge in [0.2, 0.25) is 10.0 Å². The molecule has 0 spiro atoms. The van der Waals surface area contributed by atoms with Gasteiger partial charge in [-0.25, -0.2) is 8.42 Å². The highest BCUT2D eigenvalue weighted by Gasteiger charge is 2.37. The molecule has 0 bridgehead atoms. The predicted molar refractivity (Wildman–Crippen MR) is 108 cm³/mol. The zero-order chi connectivity index (χ0) is 19.7. The van der Waals surface area contributed by atoms with Crippen molar-refractivity contribution in [3.63, 3.8) is 0 Å². The Hall–Kier alpha value is -2.34. The summed E-state index contributed by atoms with van der Waals surface area (Å²) in [6.07, 6.45) is 5.06. The van der Waals surface area contributed by atoms with E-state index in [4.69, 9.17) is 0 Å². The van der Waals surface area contributed by atoms with Crippen molar-refractivity contribution in [3.8, 4) is 0 Å². The summed E-state index contributed by atoms with van der Waals surface area (Å²) < 4.78 is 25.6. The zero-order valence-corrected chi connectivity index (χ0v) is 16.8. The Morgan fingerprint density at radius 1 is 1.04 bits per heavy atom. The second kappa shape index (κ2) is 7.35. The van der Waals surface area contributed by atoms with Crippen molar-refractivity contribution in [3.05, 3.63) is 64.7 Å². The maximum atomic E-state index is 13.0. The standard InChI is InChI=1S/C21H26N2O3S/c1-15-7-6-8-18(13-15)21(11-4-5-12-21)22-20(24)17-10-9-16(2)19(14-17)23-27(3,25)26/h6-10,13-14,23H,4-5,11-12H2,1-3H3,(H,22,24). The van der Waals surface area contributed by atoms with Crippen molar-refractivity contribution in [2.24, 2.45) is 0 Å². The lowest BCUT2D eigenvalue weighted by atomic mass is 9.87. The Morgan fingerprint density at radius 3 is 2.37 bits per heavy atom. The molecule has 3 rings (SSSR count). The fourth-order valence-corrected chi connectivity index (χ4v) is 4.39. The summed E-state index contributed by atoms with van der Waals surface area (Å²) in [5.74, 6) is -0.185. The molecule has 1 amide bonds. The van der Waals surface area contributed by atoms with Crippen molar-refractivity contribution in [2.75, 3.05) is 11.0 Å². The van der Waals surface area contributed by atoms with Gasteiger partial charge in [0.25, 0.3) is 5.91 Å². The minimum absolute atomic E-state index is 0.185. The molecular formula is C21H26N2O3S. The van der Waals surface area contributed by atoms with Gasteiger partial charge in [0.1, 0.15) is 0 Å². The van der Waals surface area contributed by atoms with Crippen LogP contribution in [0, 0.1) is 13.8 Å². The molecule has 5 nitrogen and oxygen atoms in total. The van der Waals surface area contributed by atoms with Gasteiger partial charge in [-0.3, -0.25) is 9.52 Å². The minimum atomic E-state index is -3.41. The Morgan fingerprint density at radius 2 is 1.74 bits per heavy atom. The number of sulfonamides is 1. The molecule has 0 aliphatic heterocycles. The van der Waals surface area contributed by atoms with E-state index < -0.39 is 10.0 Å². The molecule has 2 N–H and O–H groups in total. The molecule has 27 heavy (non-hydrogen) atoms. The van der Waals surface area contributed by atoms with Gasteiger partial charge in [0.15, 0.2) is 0 Å². The van der Waals surface area contributed by atoms with E-state index >= 15 is 0 Å². The van der Waals surface area contributed by atoms with Crippen LogP contribution < -0.4 is 10.0 Å². The lowest BCUT2D eigenvalue weighted by Crippen LogP contribution is -2.43. The SMILES string of the molecule is Cc1cccc(C2(NC(=O)c3ccc(C)c(NS(C)(=O)=O)c3)CCCC2)c1. The first-order chi connectivity index (χ1) is 12.7. The first kappa shape index (κ1) is 19.4. The van der Waals surface area contributed by atoms with Crippen LogP contribution in [0.2, 0.25) is 0 Å². The average molecular weight is 387 g/mol. The summed E-state index contributed by atoms with van der Waals surface area (Å²) in [6.45, 7) is 3.86. The van der Waals surface area contributed by atoms with Gasteiger partial charge >= 0.3 is 0 Å². The number of hydrogen-bond acceptors (Lipinski definition) is 3. The third-order valence-electron chi connectivity index (χ3n) is 5.18. The summed E-state index contributed by atoms with van der Waals surface area (Å²) in [4.78, 5) is 13.0. The Bertz CT molecular complexity index is 961. The van der Waals surface area contributed by atoms with Gasteiger partial charge in [-0.2, -0.15) is 0 Å². The monoisotopic (exact) mass is 386 g/mol. The molecule has 1 fully saturated rings. The summed E-state index contributed by atoms with van der Waals surface area (Å²) in [6, 6.07) is 13.4. The van der Waals surface area contributed by atoms with Gasteiger partial charge in [-0.15, -0.1) is 0 Å². The molecule has 2 aromatic rings. The van der Waals surface area contributed by atoms with E-state index in [0.29, 0.717) is 11.3 Å². The molecule has 2 aromatic carbocycles. The van der Waals surface area contributed by atoms with E-state index in [2.05, 4.69) is 35.2 Å². The van der Waals surface area contributed by atoms with Gasteiger partial charge in [-0.05, 0) is 49.9 Å². The normalized spacial score (nSPS) is 16.1. The third-order valence-corrected chi connectivity index (χ3v) is 5.77. The molecule has 144 valence electrons. The smallest absolute Gasteiger partial charge is 0.252 e. The molecule has 6 heteroatoms. The number of amides is 1. The molecular weight excluding hydrogens is 360 g/mol. The lowest BCUT2D eigenvalue weighted by molar-refractivity contribution is 0.0898. The van der Waals surface area contributed by atoms with Crippen molar-refractivity contribution in [1.29, 1.82) is 0 Å². The third kappa shape index (κ3) is 4.50. The number of carbonyl (C=O) groups excluding carboxylic acids is 1. The average Bonchev–Trinajstić information content (AvgIpc) is 3.05.